The highest BCUT2D eigenvalue weighted by atomic mass is 32.1. The van der Waals surface area contributed by atoms with Crippen molar-refractivity contribution in [2.45, 2.75) is 32.5 Å². The molecule has 0 bridgehead atoms. The summed E-state index contributed by atoms with van der Waals surface area (Å²) < 4.78 is 12.6. The number of likely N-dealkylation sites (tertiary alicyclic amines) is 1. The molecule has 7 nitrogen and oxygen atoms in total. The average Bonchev–Trinajstić information content (AvgIpc) is 3.15. The van der Waals surface area contributed by atoms with E-state index in [9.17, 15) is 4.79 Å². The lowest BCUT2D eigenvalue weighted by Crippen LogP contribution is -2.45. The van der Waals surface area contributed by atoms with Crippen molar-refractivity contribution in [2.24, 2.45) is 0 Å². The third kappa shape index (κ3) is 5.03. The molecule has 3 aromatic rings. The van der Waals surface area contributed by atoms with E-state index in [-0.39, 0.29) is 11.9 Å². The zero-order valence-corrected chi connectivity index (χ0v) is 18.5. The zero-order valence-electron chi connectivity index (χ0n) is 17.7. The van der Waals surface area contributed by atoms with Crippen LogP contribution >= 0.6 is 12.2 Å². The molecule has 8 heteroatoms. The Bertz CT molecular complexity index is 1100. The van der Waals surface area contributed by atoms with Gasteiger partial charge in [0.1, 0.15) is 5.75 Å². The van der Waals surface area contributed by atoms with Crippen LogP contribution in [0.3, 0.4) is 0 Å². The molecule has 0 spiro atoms. The molecule has 2 aromatic carbocycles. The Balaban J connectivity index is 1.33. The average molecular weight is 439 g/mol. The van der Waals surface area contributed by atoms with Gasteiger partial charge in [-0.15, -0.1) is 5.10 Å². The van der Waals surface area contributed by atoms with E-state index >= 15 is 0 Å². The van der Waals surface area contributed by atoms with E-state index in [0.29, 0.717) is 17.4 Å². The van der Waals surface area contributed by atoms with Gasteiger partial charge >= 0.3 is 0 Å². The van der Waals surface area contributed by atoms with Crippen molar-refractivity contribution >= 4 is 18.1 Å². The van der Waals surface area contributed by atoms with Crippen LogP contribution in [0.4, 0.5) is 0 Å². The molecule has 4 rings (SSSR count). The molecule has 0 atom stereocenters. The van der Waals surface area contributed by atoms with E-state index in [0.717, 1.165) is 48.4 Å². The predicted octanol–water partition coefficient (Wildman–Crippen LogP) is 4.04. The zero-order chi connectivity index (χ0) is 21.8. The van der Waals surface area contributed by atoms with Gasteiger partial charge in [-0.1, -0.05) is 18.2 Å². The number of nitrogens with one attached hydrogen (secondary N) is 1. The molecule has 1 N–H and O–H groups in total. The highest BCUT2D eigenvalue weighted by Gasteiger charge is 2.22. The van der Waals surface area contributed by atoms with Crippen molar-refractivity contribution in [3.63, 3.8) is 0 Å². The molecule has 0 radical (unpaired) electrons. The first-order chi connectivity index (χ1) is 15.0. The topological polar surface area (TPSA) is 72.5 Å². The molecule has 1 aromatic heterocycles. The molecule has 1 aliphatic heterocycles. The number of aryl methyl sites for hydroxylation is 1. The molecular weight excluding hydrogens is 412 g/mol. The van der Waals surface area contributed by atoms with Crippen LogP contribution in [0.15, 0.2) is 52.9 Å². The Morgan fingerprint density at radius 3 is 2.58 bits per heavy atom. The molecule has 1 aliphatic rings. The third-order valence-electron chi connectivity index (χ3n) is 5.59. The number of carbonyl (C=O) groups excluding carboxylic acids is 1. The van der Waals surface area contributed by atoms with Crippen LogP contribution < -0.4 is 10.1 Å². The third-order valence-corrected chi connectivity index (χ3v) is 5.88. The number of amides is 1. The van der Waals surface area contributed by atoms with Crippen molar-refractivity contribution in [3.8, 4) is 17.2 Å². The molecular formula is C23H26N4O3S. The number of carbonyl (C=O) groups is 1. The van der Waals surface area contributed by atoms with Gasteiger partial charge in [0.05, 0.1) is 13.8 Å². The van der Waals surface area contributed by atoms with Crippen LogP contribution in [0.25, 0.3) is 11.5 Å². The molecule has 162 valence electrons. The van der Waals surface area contributed by atoms with Crippen molar-refractivity contribution in [3.05, 3.63) is 64.5 Å². The Morgan fingerprint density at radius 1 is 1.19 bits per heavy atom. The van der Waals surface area contributed by atoms with Gasteiger partial charge in [-0.25, -0.2) is 4.68 Å². The van der Waals surface area contributed by atoms with Gasteiger partial charge in [0, 0.05) is 30.3 Å². The molecule has 2 heterocycles. The van der Waals surface area contributed by atoms with Gasteiger partial charge in [-0.05, 0) is 67.9 Å². The van der Waals surface area contributed by atoms with Gasteiger partial charge in [-0.3, -0.25) is 9.69 Å². The summed E-state index contributed by atoms with van der Waals surface area (Å²) in [6.45, 7) is 4.23. The van der Waals surface area contributed by atoms with E-state index in [1.165, 1.54) is 0 Å². The molecule has 0 aliphatic carbocycles. The Labute approximate surface area is 186 Å². The second kappa shape index (κ2) is 9.45. The number of hydrogen-bond acceptors (Lipinski definition) is 6. The summed E-state index contributed by atoms with van der Waals surface area (Å²) in [7, 11) is 1.63. The van der Waals surface area contributed by atoms with Gasteiger partial charge in [0.15, 0.2) is 0 Å². The standard InChI is InChI=1S/C23H26N4O3S/c1-16-5-3-4-6-20(16)21(28)24-18-11-13-26(14-12-18)15-27-23(31)30-22(25-27)17-7-9-19(29-2)10-8-17/h3-10,18H,11-15H2,1-2H3,(H,24,28). The van der Waals surface area contributed by atoms with Crippen LogP contribution in [-0.2, 0) is 6.67 Å². The minimum atomic E-state index is -0.000552. The van der Waals surface area contributed by atoms with Crippen molar-refractivity contribution in [1.29, 1.82) is 0 Å². The predicted molar refractivity (Wildman–Crippen MR) is 121 cm³/mol. The number of hydrogen-bond donors (Lipinski definition) is 1. The smallest absolute Gasteiger partial charge is 0.288 e. The fourth-order valence-electron chi connectivity index (χ4n) is 3.74. The molecule has 1 saturated heterocycles. The minimum absolute atomic E-state index is 0.000552. The van der Waals surface area contributed by atoms with Crippen LogP contribution in [-0.4, -0.2) is 46.8 Å². The van der Waals surface area contributed by atoms with Crippen LogP contribution in [0, 0.1) is 11.8 Å². The highest BCUT2D eigenvalue weighted by Crippen LogP contribution is 2.22. The number of ether oxygens (including phenoxy) is 1. The monoisotopic (exact) mass is 438 g/mol. The number of nitrogens with zero attached hydrogens (tertiary/aromatic N) is 3. The number of piperidine rings is 1. The highest BCUT2D eigenvalue weighted by molar-refractivity contribution is 7.71. The number of benzene rings is 2. The minimum Gasteiger partial charge on any atom is -0.497 e. The SMILES string of the molecule is COc1ccc(-c2nn(CN3CCC(NC(=O)c4ccccc4C)CC3)c(=S)o2)cc1. The summed E-state index contributed by atoms with van der Waals surface area (Å²) in [5, 5.41) is 7.71. The molecule has 31 heavy (non-hydrogen) atoms. The van der Waals surface area contributed by atoms with Gasteiger partial charge in [0.25, 0.3) is 10.7 Å². The molecule has 0 saturated carbocycles. The first-order valence-corrected chi connectivity index (χ1v) is 10.8. The fraction of sp³-hybridized carbons (Fsp3) is 0.348. The lowest BCUT2D eigenvalue weighted by atomic mass is 10.0. The Hall–Kier alpha value is -2.97. The second-order valence-electron chi connectivity index (χ2n) is 7.72. The second-order valence-corrected chi connectivity index (χ2v) is 8.07. The number of aromatic nitrogens is 2. The number of methoxy groups -OCH3 is 1. The maximum atomic E-state index is 12.6. The van der Waals surface area contributed by atoms with Gasteiger partial charge < -0.3 is 14.5 Å². The van der Waals surface area contributed by atoms with E-state index in [1.54, 1.807) is 11.8 Å². The quantitative estimate of drug-likeness (QED) is 0.586. The van der Waals surface area contributed by atoms with Gasteiger partial charge in [-0.2, -0.15) is 0 Å². The van der Waals surface area contributed by atoms with Crippen molar-refractivity contribution < 1.29 is 13.9 Å². The molecule has 1 fully saturated rings. The largest absolute Gasteiger partial charge is 0.497 e. The summed E-state index contributed by atoms with van der Waals surface area (Å²) in [5.74, 6) is 1.27. The summed E-state index contributed by atoms with van der Waals surface area (Å²) >= 11 is 5.36. The van der Waals surface area contributed by atoms with Crippen LogP contribution in [0.5, 0.6) is 5.75 Å². The molecule has 1 amide bonds. The Kier molecular flexibility index (Phi) is 6.48. The summed E-state index contributed by atoms with van der Waals surface area (Å²) in [5.41, 5.74) is 2.58. The fourth-order valence-corrected chi connectivity index (χ4v) is 3.92. The van der Waals surface area contributed by atoms with Crippen LogP contribution in [0.2, 0.25) is 0 Å². The van der Waals surface area contributed by atoms with Crippen LogP contribution in [0.1, 0.15) is 28.8 Å². The van der Waals surface area contributed by atoms with E-state index in [4.69, 9.17) is 21.4 Å². The van der Waals surface area contributed by atoms with Crippen molar-refractivity contribution in [1.82, 2.24) is 20.0 Å². The van der Waals surface area contributed by atoms with E-state index in [2.05, 4.69) is 15.3 Å². The lowest BCUT2D eigenvalue weighted by Gasteiger charge is -2.32. The van der Waals surface area contributed by atoms with Gasteiger partial charge in [0.2, 0.25) is 5.89 Å². The summed E-state index contributed by atoms with van der Waals surface area (Å²) in [4.78, 5) is 15.2. The normalized spacial score (nSPS) is 15.0. The van der Waals surface area contributed by atoms with Crippen molar-refractivity contribution in [2.75, 3.05) is 20.2 Å². The lowest BCUT2D eigenvalue weighted by molar-refractivity contribution is 0.0895. The van der Waals surface area contributed by atoms with E-state index in [1.807, 2.05) is 55.5 Å². The summed E-state index contributed by atoms with van der Waals surface area (Å²) in [6.07, 6.45) is 1.77. The number of rotatable bonds is 6. The maximum Gasteiger partial charge on any atom is 0.288 e. The first-order valence-electron chi connectivity index (χ1n) is 10.3. The van der Waals surface area contributed by atoms with E-state index < -0.39 is 0 Å². The first kappa shape index (κ1) is 21.3. The Morgan fingerprint density at radius 2 is 1.90 bits per heavy atom. The molecule has 0 unspecified atom stereocenters. The maximum absolute atomic E-state index is 12.6. The summed E-state index contributed by atoms with van der Waals surface area (Å²) in [6, 6.07) is 15.4.